The third kappa shape index (κ3) is 1.27. The molecule has 0 spiro atoms. The van der Waals surface area contributed by atoms with Gasteiger partial charge in [-0.1, -0.05) is 30.4 Å². The Morgan fingerprint density at radius 1 is 1.17 bits per heavy atom. The van der Waals surface area contributed by atoms with Crippen molar-refractivity contribution in [3.63, 3.8) is 0 Å². The molecule has 0 aromatic rings. The molecule has 2 atom stereocenters. The number of fused-ring (bicyclic) bond motifs is 1. The fourth-order valence-electron chi connectivity index (χ4n) is 1.86. The predicted molar refractivity (Wildman–Crippen MR) is 48.6 cm³/mol. The lowest BCUT2D eigenvalue weighted by atomic mass is 9.81. The normalized spacial score (nSPS) is 33.2. The second-order valence-corrected chi connectivity index (χ2v) is 3.36. The number of allylic oxidation sites excluding steroid dienone is 6. The highest BCUT2D eigenvalue weighted by molar-refractivity contribution is 5.93. The van der Waals surface area contributed by atoms with Gasteiger partial charge >= 0.3 is 0 Å². The molecule has 62 valence electrons. The average Bonchev–Trinajstić information content (AvgIpc) is 2.29. The summed E-state index contributed by atoms with van der Waals surface area (Å²) in [5, 5.41) is 0. The minimum absolute atomic E-state index is 0.213. The molecule has 0 bridgehead atoms. The summed E-state index contributed by atoms with van der Waals surface area (Å²) in [5.41, 5.74) is 0. The van der Waals surface area contributed by atoms with Crippen LogP contribution in [0.4, 0.5) is 0 Å². The van der Waals surface area contributed by atoms with Gasteiger partial charge in [0.2, 0.25) is 0 Å². The zero-order valence-corrected chi connectivity index (χ0v) is 6.94. The minimum Gasteiger partial charge on any atom is -0.295 e. The van der Waals surface area contributed by atoms with E-state index in [0.717, 1.165) is 12.8 Å². The largest absolute Gasteiger partial charge is 0.295 e. The van der Waals surface area contributed by atoms with Gasteiger partial charge in [0.25, 0.3) is 0 Å². The van der Waals surface area contributed by atoms with Gasteiger partial charge < -0.3 is 0 Å². The van der Waals surface area contributed by atoms with Crippen LogP contribution in [0.3, 0.4) is 0 Å². The van der Waals surface area contributed by atoms with E-state index in [0.29, 0.717) is 5.92 Å². The molecule has 0 aliphatic heterocycles. The number of rotatable bonds is 0. The number of carbonyl (C=O) groups excluding carboxylic acids is 1. The van der Waals surface area contributed by atoms with Crippen LogP contribution in [0.25, 0.3) is 0 Å². The van der Waals surface area contributed by atoms with Crippen LogP contribution in [0.15, 0.2) is 36.5 Å². The van der Waals surface area contributed by atoms with E-state index in [1.54, 1.807) is 6.08 Å². The standard InChI is InChI=1S/C11H12O/c12-11-8-4-2-6-9-5-1-3-7-10(9)11/h1-4,6,8-10H,5,7H2. The Balaban J connectivity index is 2.27. The summed E-state index contributed by atoms with van der Waals surface area (Å²) in [6.07, 6.45) is 13.9. The van der Waals surface area contributed by atoms with Crippen molar-refractivity contribution in [3.8, 4) is 0 Å². The van der Waals surface area contributed by atoms with Crippen molar-refractivity contribution in [3.05, 3.63) is 36.5 Å². The Bertz CT molecular complexity index is 271. The summed E-state index contributed by atoms with van der Waals surface area (Å²) in [7, 11) is 0. The monoisotopic (exact) mass is 160 g/mol. The van der Waals surface area contributed by atoms with Crippen molar-refractivity contribution >= 4 is 5.78 Å². The van der Waals surface area contributed by atoms with E-state index in [1.807, 2.05) is 12.2 Å². The van der Waals surface area contributed by atoms with Crippen molar-refractivity contribution in [1.29, 1.82) is 0 Å². The van der Waals surface area contributed by atoms with E-state index < -0.39 is 0 Å². The number of hydrogen-bond acceptors (Lipinski definition) is 1. The van der Waals surface area contributed by atoms with Crippen LogP contribution in [0.5, 0.6) is 0 Å². The smallest absolute Gasteiger partial charge is 0.159 e. The Hall–Kier alpha value is -1.11. The van der Waals surface area contributed by atoms with Crippen LogP contribution in [-0.4, -0.2) is 5.78 Å². The van der Waals surface area contributed by atoms with E-state index >= 15 is 0 Å². The second kappa shape index (κ2) is 3.10. The molecule has 2 rings (SSSR count). The maximum Gasteiger partial charge on any atom is 0.159 e. The molecule has 1 nitrogen and oxygen atoms in total. The van der Waals surface area contributed by atoms with Crippen molar-refractivity contribution in [2.24, 2.45) is 11.8 Å². The molecular formula is C11H12O. The number of carbonyl (C=O) groups is 1. The Morgan fingerprint density at radius 3 is 2.92 bits per heavy atom. The number of hydrogen-bond donors (Lipinski definition) is 0. The van der Waals surface area contributed by atoms with Crippen LogP contribution >= 0.6 is 0 Å². The van der Waals surface area contributed by atoms with Crippen LogP contribution in [0, 0.1) is 11.8 Å². The van der Waals surface area contributed by atoms with Crippen molar-refractivity contribution in [2.75, 3.05) is 0 Å². The number of ketones is 1. The summed E-state index contributed by atoms with van der Waals surface area (Å²) >= 11 is 0. The van der Waals surface area contributed by atoms with Crippen LogP contribution in [0.2, 0.25) is 0 Å². The molecule has 1 heteroatoms. The molecule has 0 amide bonds. The molecule has 0 fully saturated rings. The molecule has 0 aromatic heterocycles. The van der Waals surface area contributed by atoms with E-state index in [2.05, 4.69) is 18.2 Å². The lowest BCUT2D eigenvalue weighted by Crippen LogP contribution is -2.21. The first-order valence-corrected chi connectivity index (χ1v) is 4.41. The Morgan fingerprint density at radius 2 is 2.00 bits per heavy atom. The van der Waals surface area contributed by atoms with Gasteiger partial charge in [-0.3, -0.25) is 4.79 Å². The third-order valence-electron chi connectivity index (χ3n) is 2.58. The summed E-state index contributed by atoms with van der Waals surface area (Å²) in [6.45, 7) is 0. The average molecular weight is 160 g/mol. The van der Waals surface area contributed by atoms with Gasteiger partial charge in [-0.2, -0.15) is 0 Å². The van der Waals surface area contributed by atoms with Crippen molar-refractivity contribution in [2.45, 2.75) is 12.8 Å². The zero-order chi connectivity index (χ0) is 8.39. The first-order chi connectivity index (χ1) is 5.88. The summed E-state index contributed by atoms with van der Waals surface area (Å²) in [4.78, 5) is 11.5. The first kappa shape index (κ1) is 7.53. The fourth-order valence-corrected chi connectivity index (χ4v) is 1.86. The summed E-state index contributed by atoms with van der Waals surface area (Å²) < 4.78 is 0. The Labute approximate surface area is 72.5 Å². The minimum atomic E-state index is 0.213. The van der Waals surface area contributed by atoms with Gasteiger partial charge in [0.05, 0.1) is 0 Å². The summed E-state index contributed by atoms with van der Waals surface area (Å²) in [6, 6.07) is 0. The highest BCUT2D eigenvalue weighted by Gasteiger charge is 2.25. The van der Waals surface area contributed by atoms with Crippen LogP contribution in [-0.2, 0) is 4.79 Å². The van der Waals surface area contributed by atoms with Gasteiger partial charge in [0, 0.05) is 5.92 Å². The maximum absolute atomic E-state index is 11.5. The summed E-state index contributed by atoms with van der Waals surface area (Å²) in [5.74, 6) is 0.942. The van der Waals surface area contributed by atoms with E-state index in [1.165, 1.54) is 0 Å². The van der Waals surface area contributed by atoms with Crippen molar-refractivity contribution < 1.29 is 4.79 Å². The van der Waals surface area contributed by atoms with E-state index in [-0.39, 0.29) is 11.7 Å². The van der Waals surface area contributed by atoms with Gasteiger partial charge in [-0.15, -0.1) is 0 Å². The lowest BCUT2D eigenvalue weighted by molar-refractivity contribution is -0.119. The molecule has 0 heterocycles. The van der Waals surface area contributed by atoms with Gasteiger partial charge in [0.1, 0.15) is 0 Å². The highest BCUT2D eigenvalue weighted by Crippen LogP contribution is 2.29. The lowest BCUT2D eigenvalue weighted by Gasteiger charge is -2.22. The first-order valence-electron chi connectivity index (χ1n) is 4.41. The van der Waals surface area contributed by atoms with Gasteiger partial charge in [0.15, 0.2) is 5.78 Å². The molecule has 2 unspecified atom stereocenters. The van der Waals surface area contributed by atoms with Crippen LogP contribution < -0.4 is 0 Å². The van der Waals surface area contributed by atoms with Gasteiger partial charge in [-0.05, 0) is 24.8 Å². The predicted octanol–water partition coefficient (Wildman–Crippen LogP) is 2.26. The van der Waals surface area contributed by atoms with E-state index in [9.17, 15) is 4.79 Å². The molecular weight excluding hydrogens is 148 g/mol. The quantitative estimate of drug-likeness (QED) is 0.497. The molecule has 0 saturated carbocycles. The molecule has 0 saturated heterocycles. The third-order valence-corrected chi connectivity index (χ3v) is 2.58. The fraction of sp³-hybridized carbons (Fsp3) is 0.364. The molecule has 0 N–H and O–H groups in total. The van der Waals surface area contributed by atoms with E-state index in [4.69, 9.17) is 0 Å². The molecule has 0 aromatic carbocycles. The SMILES string of the molecule is O=C1C=CC=CC2CC=CCC12. The van der Waals surface area contributed by atoms with Crippen LogP contribution in [0.1, 0.15) is 12.8 Å². The topological polar surface area (TPSA) is 17.1 Å². The molecule has 12 heavy (non-hydrogen) atoms. The molecule has 2 aliphatic carbocycles. The Kier molecular flexibility index (Phi) is 1.94. The zero-order valence-electron chi connectivity index (χ0n) is 6.94. The van der Waals surface area contributed by atoms with Gasteiger partial charge in [-0.25, -0.2) is 0 Å². The van der Waals surface area contributed by atoms with Crippen molar-refractivity contribution in [1.82, 2.24) is 0 Å². The second-order valence-electron chi connectivity index (χ2n) is 3.36. The molecule has 2 aliphatic rings. The molecule has 0 radical (unpaired) electrons. The highest BCUT2D eigenvalue weighted by atomic mass is 16.1. The maximum atomic E-state index is 11.5.